The van der Waals surface area contributed by atoms with Crippen molar-refractivity contribution in [2.45, 2.75) is 6.04 Å². The van der Waals surface area contributed by atoms with E-state index in [4.69, 9.17) is 15.5 Å². The molecule has 1 amide bonds. The lowest BCUT2D eigenvalue weighted by Gasteiger charge is -2.15. The summed E-state index contributed by atoms with van der Waals surface area (Å²) >= 11 is 0. The van der Waals surface area contributed by atoms with Gasteiger partial charge in [0.25, 0.3) is 0 Å². The number of ether oxygens (including phenoxy) is 1. The molecule has 8 nitrogen and oxygen atoms in total. The Balaban J connectivity index is 1.84. The largest absolute Gasteiger partial charge is 0.507 e. The zero-order chi connectivity index (χ0) is 23.8. The van der Waals surface area contributed by atoms with E-state index in [1.54, 1.807) is 24.3 Å². The number of anilines is 1. The molecule has 0 aromatic heterocycles. The highest BCUT2D eigenvalue weighted by Crippen LogP contribution is 2.33. The molecule has 162 valence electrons. The lowest BCUT2D eigenvalue weighted by Crippen LogP contribution is -2.13. The van der Waals surface area contributed by atoms with Crippen LogP contribution in [0.5, 0.6) is 11.5 Å². The normalized spacial score (nSPS) is 10.7. The Bertz CT molecular complexity index is 1320. The molecular formula is C25H18N4O4. The van der Waals surface area contributed by atoms with Gasteiger partial charge in [-0.2, -0.15) is 10.4 Å². The minimum absolute atomic E-state index is 0.0637. The van der Waals surface area contributed by atoms with Crippen LogP contribution in [0.3, 0.4) is 0 Å². The molecule has 0 saturated carbocycles. The third-order valence-electron chi connectivity index (χ3n) is 4.66. The summed E-state index contributed by atoms with van der Waals surface area (Å²) in [6, 6.07) is 18.0. The summed E-state index contributed by atoms with van der Waals surface area (Å²) < 4.78 is 5.35. The van der Waals surface area contributed by atoms with Crippen LogP contribution >= 0.6 is 0 Å². The number of amides is 1. The van der Waals surface area contributed by atoms with Crippen LogP contribution in [0.4, 0.5) is 5.69 Å². The van der Waals surface area contributed by atoms with Gasteiger partial charge in [0.15, 0.2) is 11.8 Å². The molecule has 0 aliphatic rings. The van der Waals surface area contributed by atoms with Gasteiger partial charge in [0.2, 0.25) is 0 Å². The first-order valence-electron chi connectivity index (χ1n) is 9.66. The Hall–Kier alpha value is -4.95. The summed E-state index contributed by atoms with van der Waals surface area (Å²) in [7, 11) is 1.39. The van der Waals surface area contributed by atoms with Crippen molar-refractivity contribution >= 4 is 17.4 Å². The summed E-state index contributed by atoms with van der Waals surface area (Å²) in [5, 5.41) is 24.8. The summed E-state index contributed by atoms with van der Waals surface area (Å²) in [4.78, 5) is 25.1. The summed E-state index contributed by atoms with van der Waals surface area (Å²) in [6.07, 6.45) is 0. The fourth-order valence-corrected chi connectivity index (χ4v) is 3.03. The van der Waals surface area contributed by atoms with Crippen LogP contribution in [0.1, 0.15) is 33.1 Å². The molecule has 3 aromatic rings. The molecule has 8 heteroatoms. The molecular weight excluding hydrogens is 420 g/mol. The monoisotopic (exact) mass is 438 g/mol. The van der Waals surface area contributed by atoms with Crippen molar-refractivity contribution < 1.29 is 19.4 Å². The second-order valence-corrected chi connectivity index (χ2v) is 6.77. The van der Waals surface area contributed by atoms with Gasteiger partial charge in [-0.15, -0.1) is 0 Å². The third kappa shape index (κ3) is 5.40. The number of carbonyl (C=O) groups is 2. The number of nitrogens with one attached hydrogen (secondary N) is 2. The van der Waals surface area contributed by atoms with E-state index in [-0.39, 0.29) is 22.6 Å². The number of hydrogen-bond acceptors (Lipinski definition) is 7. The number of hydrogen-bond donors (Lipinski definition) is 3. The average Bonchev–Trinajstić information content (AvgIpc) is 2.84. The van der Waals surface area contributed by atoms with E-state index < -0.39 is 17.7 Å². The Labute approximate surface area is 190 Å². The number of phenols is 1. The molecule has 1 atom stereocenters. The highest BCUT2D eigenvalue weighted by Gasteiger charge is 2.26. The van der Waals surface area contributed by atoms with Crippen molar-refractivity contribution in [2.24, 2.45) is 5.11 Å². The van der Waals surface area contributed by atoms with E-state index in [0.717, 1.165) is 0 Å². The van der Waals surface area contributed by atoms with Gasteiger partial charge in [0.1, 0.15) is 17.6 Å². The minimum Gasteiger partial charge on any atom is -0.507 e. The van der Waals surface area contributed by atoms with Gasteiger partial charge in [-0.25, -0.2) is 5.53 Å². The molecule has 0 aliphatic carbocycles. The van der Waals surface area contributed by atoms with Crippen LogP contribution in [0.15, 0.2) is 71.8 Å². The zero-order valence-electron chi connectivity index (χ0n) is 17.5. The third-order valence-corrected chi connectivity index (χ3v) is 4.66. The topological polar surface area (TPSA) is 136 Å². The maximum absolute atomic E-state index is 13.0. The number of benzene rings is 3. The Kier molecular flexibility index (Phi) is 7.15. The van der Waals surface area contributed by atoms with E-state index in [9.17, 15) is 14.7 Å². The first-order chi connectivity index (χ1) is 16.0. The Morgan fingerprint density at radius 3 is 2.55 bits per heavy atom. The number of ketones is 1. The molecule has 33 heavy (non-hydrogen) atoms. The van der Waals surface area contributed by atoms with Gasteiger partial charge in [0, 0.05) is 34.4 Å². The molecule has 1 unspecified atom stereocenters. The van der Waals surface area contributed by atoms with Crippen LogP contribution in [0, 0.1) is 28.7 Å². The van der Waals surface area contributed by atoms with Crippen molar-refractivity contribution in [1.29, 1.82) is 10.8 Å². The molecule has 3 aromatic carbocycles. The number of Topliss-reactive ketones (excluding diaryl/α,β-unsaturated/α-hetero) is 1. The Morgan fingerprint density at radius 2 is 1.88 bits per heavy atom. The Morgan fingerprint density at radius 1 is 1.12 bits per heavy atom. The first kappa shape index (κ1) is 22.7. The highest BCUT2D eigenvalue weighted by molar-refractivity contribution is 6.05. The fraction of sp³-hybridized carbons (Fsp3) is 0.0800. The van der Waals surface area contributed by atoms with Gasteiger partial charge >= 0.3 is 5.91 Å². The number of methoxy groups -OCH3 is 1. The van der Waals surface area contributed by atoms with Crippen LogP contribution in [0.25, 0.3) is 0 Å². The number of rotatable bonds is 6. The smallest absolute Gasteiger partial charge is 0.300 e. The number of phenolic OH excluding ortho intramolecular Hbond substituents is 1. The van der Waals surface area contributed by atoms with E-state index in [1.165, 1.54) is 37.4 Å². The summed E-state index contributed by atoms with van der Waals surface area (Å²) in [5.74, 6) is 4.16. The van der Waals surface area contributed by atoms with Crippen molar-refractivity contribution in [3.8, 4) is 29.4 Å². The van der Waals surface area contributed by atoms with Gasteiger partial charge in [-0.3, -0.25) is 9.59 Å². The van der Waals surface area contributed by atoms with Crippen molar-refractivity contribution in [1.82, 2.24) is 0 Å². The van der Waals surface area contributed by atoms with Gasteiger partial charge in [-0.1, -0.05) is 30.2 Å². The molecule has 0 aliphatic heterocycles. The number of aromatic hydroxyl groups is 1. The fourth-order valence-electron chi connectivity index (χ4n) is 3.03. The van der Waals surface area contributed by atoms with Crippen molar-refractivity contribution in [2.75, 3.05) is 12.4 Å². The first-order valence-corrected chi connectivity index (χ1v) is 9.66. The molecule has 0 saturated heterocycles. The molecule has 3 rings (SSSR count). The van der Waals surface area contributed by atoms with Gasteiger partial charge in [0.05, 0.1) is 12.7 Å². The van der Waals surface area contributed by atoms with Gasteiger partial charge < -0.3 is 15.2 Å². The molecule has 0 fully saturated rings. The second-order valence-electron chi connectivity index (χ2n) is 6.77. The lowest BCUT2D eigenvalue weighted by atomic mass is 9.96. The van der Waals surface area contributed by atoms with Crippen molar-refractivity contribution in [3.05, 3.63) is 89.0 Å². The number of carbonyl (C=O) groups excluding carboxylic acids is 2. The van der Waals surface area contributed by atoms with E-state index in [2.05, 4.69) is 22.3 Å². The van der Waals surface area contributed by atoms with Crippen molar-refractivity contribution in [3.63, 3.8) is 0 Å². The molecule has 0 radical (unpaired) electrons. The summed E-state index contributed by atoms with van der Waals surface area (Å²) in [6.45, 7) is 0. The maximum atomic E-state index is 13.0. The number of nitriles is 1. The molecule has 0 heterocycles. The van der Waals surface area contributed by atoms with E-state index >= 15 is 0 Å². The predicted molar refractivity (Wildman–Crippen MR) is 120 cm³/mol. The van der Waals surface area contributed by atoms with Gasteiger partial charge in [-0.05, 0) is 36.4 Å². The summed E-state index contributed by atoms with van der Waals surface area (Å²) in [5.41, 5.74) is 8.98. The molecule has 0 spiro atoms. The SMILES string of the molecule is COc1cc(NC(=O)C#Cc2ccccc2)ccc1C(N=N)C(=O)c1ccc(O)c(C#N)c1. The average molecular weight is 438 g/mol. The van der Waals surface area contributed by atoms with E-state index in [1.807, 2.05) is 18.2 Å². The second kappa shape index (κ2) is 10.4. The minimum atomic E-state index is -1.24. The molecule has 3 N–H and O–H groups in total. The molecule has 0 bridgehead atoms. The quantitative estimate of drug-likeness (QED) is 0.301. The van der Waals surface area contributed by atoms with Crippen LogP contribution < -0.4 is 10.1 Å². The van der Waals surface area contributed by atoms with Crippen LogP contribution in [-0.2, 0) is 4.79 Å². The predicted octanol–water partition coefficient (Wildman–Crippen LogP) is 4.22. The highest BCUT2D eigenvalue weighted by atomic mass is 16.5. The van der Waals surface area contributed by atoms with Crippen LogP contribution in [0.2, 0.25) is 0 Å². The van der Waals surface area contributed by atoms with Crippen LogP contribution in [-0.4, -0.2) is 23.9 Å². The standard InChI is InChI=1S/C25H18N4O4/c1-33-22-14-19(28-23(31)12-7-16-5-3-2-4-6-16)9-10-20(22)24(29-27)25(32)17-8-11-21(30)18(13-17)15-26/h2-6,8-11,13-14,24,27,30H,1H3,(H,28,31). The zero-order valence-corrected chi connectivity index (χ0v) is 17.5. The van der Waals surface area contributed by atoms with E-state index in [0.29, 0.717) is 16.8 Å². The maximum Gasteiger partial charge on any atom is 0.300 e. The lowest BCUT2D eigenvalue weighted by molar-refractivity contribution is -0.111. The number of nitrogens with zero attached hydrogens (tertiary/aromatic N) is 2.